The highest BCUT2D eigenvalue weighted by Gasteiger charge is 2.13. The molecule has 0 unspecified atom stereocenters. The van der Waals surface area contributed by atoms with E-state index < -0.39 is 10.0 Å². The Morgan fingerprint density at radius 3 is 2.59 bits per heavy atom. The van der Waals surface area contributed by atoms with Crippen molar-refractivity contribution in [3.63, 3.8) is 0 Å². The SMILES string of the molecule is Cc1ccc(OCCS(=O)(=O)NCCN2CCNCC2)cc1. The second kappa shape index (κ2) is 8.47. The van der Waals surface area contributed by atoms with Gasteiger partial charge in [-0.3, -0.25) is 4.90 Å². The molecule has 1 aromatic rings. The molecule has 0 aliphatic carbocycles. The maximum Gasteiger partial charge on any atom is 0.214 e. The molecule has 0 amide bonds. The maximum atomic E-state index is 11.9. The lowest BCUT2D eigenvalue weighted by Gasteiger charge is -2.27. The van der Waals surface area contributed by atoms with Gasteiger partial charge in [-0.25, -0.2) is 13.1 Å². The van der Waals surface area contributed by atoms with Crippen LogP contribution in [0.5, 0.6) is 5.75 Å². The summed E-state index contributed by atoms with van der Waals surface area (Å²) < 4.78 is 31.9. The van der Waals surface area contributed by atoms with E-state index in [4.69, 9.17) is 4.74 Å². The van der Waals surface area contributed by atoms with Crippen LogP contribution < -0.4 is 14.8 Å². The molecule has 2 rings (SSSR count). The molecule has 7 heteroatoms. The number of benzene rings is 1. The summed E-state index contributed by atoms with van der Waals surface area (Å²) in [4.78, 5) is 2.25. The van der Waals surface area contributed by atoms with E-state index in [1.807, 2.05) is 31.2 Å². The molecule has 22 heavy (non-hydrogen) atoms. The summed E-state index contributed by atoms with van der Waals surface area (Å²) in [7, 11) is -3.28. The normalized spacial score (nSPS) is 16.6. The van der Waals surface area contributed by atoms with Crippen LogP contribution in [0.3, 0.4) is 0 Å². The van der Waals surface area contributed by atoms with Gasteiger partial charge in [0.1, 0.15) is 12.4 Å². The minimum atomic E-state index is -3.28. The van der Waals surface area contributed by atoms with Crippen molar-refractivity contribution in [2.75, 3.05) is 51.6 Å². The molecule has 0 saturated carbocycles. The highest BCUT2D eigenvalue weighted by atomic mass is 32.2. The van der Waals surface area contributed by atoms with Crippen molar-refractivity contribution in [2.24, 2.45) is 0 Å². The number of ether oxygens (including phenoxy) is 1. The van der Waals surface area contributed by atoms with E-state index in [0.29, 0.717) is 12.3 Å². The Kier molecular flexibility index (Phi) is 6.63. The van der Waals surface area contributed by atoms with Crippen LogP contribution in [0.25, 0.3) is 0 Å². The van der Waals surface area contributed by atoms with Crippen LogP contribution in [0.2, 0.25) is 0 Å². The van der Waals surface area contributed by atoms with Crippen LogP contribution in [0.4, 0.5) is 0 Å². The molecule has 0 atom stereocenters. The van der Waals surface area contributed by atoms with Gasteiger partial charge in [0.15, 0.2) is 0 Å². The number of sulfonamides is 1. The van der Waals surface area contributed by atoms with E-state index in [-0.39, 0.29) is 12.4 Å². The lowest BCUT2D eigenvalue weighted by Crippen LogP contribution is -2.46. The van der Waals surface area contributed by atoms with Crippen molar-refractivity contribution in [3.8, 4) is 5.75 Å². The summed E-state index contributed by atoms with van der Waals surface area (Å²) in [5, 5.41) is 3.27. The lowest BCUT2D eigenvalue weighted by atomic mass is 10.2. The maximum absolute atomic E-state index is 11.9. The molecule has 124 valence electrons. The third kappa shape index (κ3) is 6.31. The minimum absolute atomic E-state index is 0.0254. The fourth-order valence-corrected chi connectivity index (χ4v) is 3.12. The van der Waals surface area contributed by atoms with Gasteiger partial charge in [-0.2, -0.15) is 0 Å². The van der Waals surface area contributed by atoms with Crippen molar-refractivity contribution in [2.45, 2.75) is 6.92 Å². The lowest BCUT2D eigenvalue weighted by molar-refractivity contribution is 0.245. The number of hydrogen-bond donors (Lipinski definition) is 2. The molecule has 0 aromatic heterocycles. The van der Waals surface area contributed by atoms with Crippen molar-refractivity contribution < 1.29 is 13.2 Å². The second-order valence-corrected chi connectivity index (χ2v) is 7.39. The highest BCUT2D eigenvalue weighted by molar-refractivity contribution is 7.89. The van der Waals surface area contributed by atoms with Crippen LogP contribution in [0.1, 0.15) is 5.56 Å². The number of hydrogen-bond acceptors (Lipinski definition) is 5. The monoisotopic (exact) mass is 327 g/mol. The standard InChI is InChI=1S/C15H25N3O3S/c1-14-2-4-15(5-3-14)21-12-13-22(19,20)17-8-11-18-9-6-16-7-10-18/h2-5,16-17H,6-13H2,1H3. The molecular weight excluding hydrogens is 302 g/mol. The summed E-state index contributed by atoms with van der Waals surface area (Å²) in [6.45, 7) is 7.24. The van der Waals surface area contributed by atoms with E-state index in [1.165, 1.54) is 0 Å². The topological polar surface area (TPSA) is 70.7 Å². The number of nitrogens with one attached hydrogen (secondary N) is 2. The molecule has 1 aliphatic rings. The molecule has 0 spiro atoms. The first-order chi connectivity index (χ1) is 10.6. The molecule has 1 aliphatic heterocycles. The van der Waals surface area contributed by atoms with Crippen molar-refractivity contribution >= 4 is 10.0 Å². The van der Waals surface area contributed by atoms with Gasteiger partial charge in [0.05, 0.1) is 5.75 Å². The Labute approximate surface area is 132 Å². The fourth-order valence-electron chi connectivity index (χ4n) is 2.27. The zero-order chi connectivity index (χ0) is 15.8. The predicted molar refractivity (Wildman–Crippen MR) is 87.8 cm³/mol. The molecule has 6 nitrogen and oxygen atoms in total. The van der Waals surface area contributed by atoms with Crippen LogP contribution >= 0.6 is 0 Å². The summed E-state index contributed by atoms with van der Waals surface area (Å²) in [5.74, 6) is 0.671. The third-order valence-corrected chi connectivity index (χ3v) is 4.95. The zero-order valence-corrected chi connectivity index (χ0v) is 13.9. The van der Waals surface area contributed by atoms with Crippen LogP contribution in [0.15, 0.2) is 24.3 Å². The summed E-state index contributed by atoms with van der Waals surface area (Å²) in [6.07, 6.45) is 0. The first-order valence-electron chi connectivity index (χ1n) is 7.65. The molecule has 1 saturated heterocycles. The fraction of sp³-hybridized carbons (Fsp3) is 0.600. The Morgan fingerprint density at radius 2 is 1.91 bits per heavy atom. The van der Waals surface area contributed by atoms with E-state index >= 15 is 0 Å². The van der Waals surface area contributed by atoms with Gasteiger partial charge < -0.3 is 10.1 Å². The van der Waals surface area contributed by atoms with Gasteiger partial charge in [0, 0.05) is 39.3 Å². The number of nitrogens with zero attached hydrogens (tertiary/aromatic N) is 1. The molecule has 1 heterocycles. The Morgan fingerprint density at radius 1 is 1.23 bits per heavy atom. The average Bonchev–Trinajstić information content (AvgIpc) is 2.50. The zero-order valence-electron chi connectivity index (χ0n) is 13.0. The van der Waals surface area contributed by atoms with Gasteiger partial charge in [-0.05, 0) is 19.1 Å². The van der Waals surface area contributed by atoms with Crippen molar-refractivity contribution in [3.05, 3.63) is 29.8 Å². The van der Waals surface area contributed by atoms with E-state index in [1.54, 1.807) is 0 Å². The molecule has 2 N–H and O–H groups in total. The molecular formula is C15H25N3O3S. The average molecular weight is 327 g/mol. The van der Waals surface area contributed by atoms with Gasteiger partial charge in [-0.15, -0.1) is 0 Å². The number of rotatable bonds is 8. The molecule has 0 radical (unpaired) electrons. The second-order valence-electron chi connectivity index (χ2n) is 5.47. The van der Waals surface area contributed by atoms with Crippen molar-refractivity contribution in [1.29, 1.82) is 0 Å². The summed E-state index contributed by atoms with van der Waals surface area (Å²) in [6, 6.07) is 7.57. The van der Waals surface area contributed by atoms with Crippen LogP contribution in [-0.2, 0) is 10.0 Å². The Bertz CT molecular complexity index is 540. The first-order valence-corrected chi connectivity index (χ1v) is 9.30. The van der Waals surface area contributed by atoms with E-state index in [2.05, 4.69) is 14.9 Å². The van der Waals surface area contributed by atoms with Gasteiger partial charge in [0.25, 0.3) is 0 Å². The molecule has 1 fully saturated rings. The van der Waals surface area contributed by atoms with Crippen LogP contribution in [0, 0.1) is 6.92 Å². The minimum Gasteiger partial charge on any atom is -0.492 e. The van der Waals surface area contributed by atoms with Crippen LogP contribution in [-0.4, -0.2) is 64.9 Å². The predicted octanol–water partition coefficient (Wildman–Crippen LogP) is 0.198. The highest BCUT2D eigenvalue weighted by Crippen LogP contribution is 2.11. The smallest absolute Gasteiger partial charge is 0.214 e. The Balaban J connectivity index is 1.64. The molecule has 1 aromatic carbocycles. The molecule has 0 bridgehead atoms. The number of piperazine rings is 1. The Hall–Kier alpha value is -1.15. The van der Waals surface area contributed by atoms with Gasteiger partial charge in [-0.1, -0.05) is 17.7 Å². The third-order valence-electron chi connectivity index (χ3n) is 3.60. The first kappa shape index (κ1) is 17.2. The van der Waals surface area contributed by atoms with E-state index in [9.17, 15) is 8.42 Å². The van der Waals surface area contributed by atoms with Gasteiger partial charge in [0.2, 0.25) is 10.0 Å². The summed E-state index contributed by atoms with van der Waals surface area (Å²) >= 11 is 0. The van der Waals surface area contributed by atoms with Crippen molar-refractivity contribution in [1.82, 2.24) is 14.9 Å². The van der Waals surface area contributed by atoms with Gasteiger partial charge >= 0.3 is 0 Å². The quantitative estimate of drug-likeness (QED) is 0.714. The summed E-state index contributed by atoms with van der Waals surface area (Å²) in [5.41, 5.74) is 1.15. The number of aryl methyl sites for hydroxylation is 1. The van der Waals surface area contributed by atoms with E-state index in [0.717, 1.165) is 38.3 Å². The largest absolute Gasteiger partial charge is 0.492 e.